The molecule has 0 atom stereocenters. The first-order valence-corrected chi connectivity index (χ1v) is 6.78. The lowest BCUT2D eigenvalue weighted by Crippen LogP contribution is -2.05. The standard InChI is InChI=1S/C16H15BrO2/c1-10-5-4-6-13(11(10)2)16(18)12-7-8-15(19-3)14(17)9-12/h4-9H,1-3H3. The maximum Gasteiger partial charge on any atom is 0.193 e. The van der Waals surface area contributed by atoms with E-state index < -0.39 is 0 Å². The predicted molar refractivity (Wildman–Crippen MR) is 80.0 cm³/mol. The first-order valence-electron chi connectivity index (χ1n) is 5.99. The van der Waals surface area contributed by atoms with Crippen molar-refractivity contribution >= 4 is 21.7 Å². The molecule has 0 spiro atoms. The van der Waals surface area contributed by atoms with Crippen LogP contribution in [-0.2, 0) is 0 Å². The van der Waals surface area contributed by atoms with Gasteiger partial charge in [-0.1, -0.05) is 18.2 Å². The minimum atomic E-state index is 0.0320. The molecule has 0 unspecified atom stereocenters. The monoisotopic (exact) mass is 318 g/mol. The highest BCUT2D eigenvalue weighted by molar-refractivity contribution is 9.10. The average molecular weight is 319 g/mol. The van der Waals surface area contributed by atoms with Crippen LogP contribution in [-0.4, -0.2) is 12.9 Å². The summed E-state index contributed by atoms with van der Waals surface area (Å²) in [5.74, 6) is 0.752. The number of hydrogen-bond donors (Lipinski definition) is 0. The first kappa shape index (κ1) is 13.8. The second kappa shape index (κ2) is 5.57. The number of halogens is 1. The molecule has 0 saturated heterocycles. The van der Waals surface area contributed by atoms with Crippen LogP contribution in [0, 0.1) is 13.8 Å². The summed E-state index contributed by atoms with van der Waals surface area (Å²) in [5, 5.41) is 0. The fourth-order valence-electron chi connectivity index (χ4n) is 1.96. The molecule has 0 aliphatic heterocycles. The maximum atomic E-state index is 12.5. The Morgan fingerprint density at radius 2 is 1.89 bits per heavy atom. The molecule has 0 N–H and O–H groups in total. The van der Waals surface area contributed by atoms with Gasteiger partial charge >= 0.3 is 0 Å². The van der Waals surface area contributed by atoms with Crippen LogP contribution in [0.2, 0.25) is 0 Å². The molecule has 0 radical (unpaired) electrons. The number of carbonyl (C=O) groups excluding carboxylic acids is 1. The summed E-state index contributed by atoms with van der Waals surface area (Å²) in [5.41, 5.74) is 3.55. The number of aryl methyl sites for hydroxylation is 1. The van der Waals surface area contributed by atoms with Gasteiger partial charge in [-0.25, -0.2) is 0 Å². The zero-order valence-electron chi connectivity index (χ0n) is 11.2. The van der Waals surface area contributed by atoms with Crippen molar-refractivity contribution in [3.63, 3.8) is 0 Å². The van der Waals surface area contributed by atoms with Crippen LogP contribution in [0.5, 0.6) is 5.75 Å². The van der Waals surface area contributed by atoms with Crippen molar-refractivity contribution in [2.45, 2.75) is 13.8 Å². The molecule has 98 valence electrons. The van der Waals surface area contributed by atoms with Crippen LogP contribution in [0.1, 0.15) is 27.0 Å². The van der Waals surface area contributed by atoms with E-state index in [0.29, 0.717) is 5.56 Å². The molecule has 3 heteroatoms. The summed E-state index contributed by atoms with van der Waals surface area (Å²) in [7, 11) is 1.60. The van der Waals surface area contributed by atoms with Gasteiger partial charge in [0.2, 0.25) is 0 Å². The SMILES string of the molecule is COc1ccc(C(=O)c2cccc(C)c2C)cc1Br. The fraction of sp³-hybridized carbons (Fsp3) is 0.188. The highest BCUT2D eigenvalue weighted by Gasteiger charge is 2.14. The van der Waals surface area contributed by atoms with Crippen LogP contribution in [0.3, 0.4) is 0 Å². The molecule has 0 amide bonds. The second-order valence-corrected chi connectivity index (χ2v) is 5.28. The lowest BCUT2D eigenvalue weighted by atomic mass is 9.96. The molecule has 0 aliphatic carbocycles. The highest BCUT2D eigenvalue weighted by atomic mass is 79.9. The Kier molecular flexibility index (Phi) is 4.05. The molecular formula is C16H15BrO2. The number of ketones is 1. The summed E-state index contributed by atoms with van der Waals surface area (Å²) in [4.78, 5) is 12.5. The van der Waals surface area contributed by atoms with Gasteiger partial charge in [-0.3, -0.25) is 4.79 Å². The summed E-state index contributed by atoms with van der Waals surface area (Å²) in [6.07, 6.45) is 0. The molecular weight excluding hydrogens is 304 g/mol. The largest absolute Gasteiger partial charge is 0.496 e. The van der Waals surface area contributed by atoms with Crippen LogP contribution in [0.25, 0.3) is 0 Å². The Balaban J connectivity index is 2.44. The van der Waals surface area contributed by atoms with Gasteiger partial charge in [-0.15, -0.1) is 0 Å². The zero-order valence-corrected chi connectivity index (χ0v) is 12.7. The van der Waals surface area contributed by atoms with Crippen molar-refractivity contribution in [1.82, 2.24) is 0 Å². The first-order chi connectivity index (χ1) is 9.04. The fourth-order valence-corrected chi connectivity index (χ4v) is 2.50. The topological polar surface area (TPSA) is 26.3 Å². The van der Waals surface area contributed by atoms with E-state index in [-0.39, 0.29) is 5.78 Å². The normalized spacial score (nSPS) is 10.3. The molecule has 2 aromatic carbocycles. The highest BCUT2D eigenvalue weighted by Crippen LogP contribution is 2.27. The molecule has 2 rings (SSSR count). The van der Waals surface area contributed by atoms with Crippen LogP contribution < -0.4 is 4.74 Å². The Bertz CT molecular complexity index is 633. The van der Waals surface area contributed by atoms with E-state index in [2.05, 4.69) is 15.9 Å². The molecule has 0 aromatic heterocycles. The number of carbonyl (C=O) groups is 1. The Labute approximate surface area is 121 Å². The van der Waals surface area contributed by atoms with E-state index in [9.17, 15) is 4.79 Å². The third-order valence-corrected chi connectivity index (χ3v) is 3.88. The van der Waals surface area contributed by atoms with Gasteiger partial charge < -0.3 is 4.74 Å². The minimum absolute atomic E-state index is 0.0320. The van der Waals surface area contributed by atoms with Gasteiger partial charge in [0.15, 0.2) is 5.78 Å². The average Bonchev–Trinajstić information content (AvgIpc) is 2.41. The smallest absolute Gasteiger partial charge is 0.193 e. The third-order valence-electron chi connectivity index (χ3n) is 3.26. The van der Waals surface area contributed by atoms with Gasteiger partial charge in [-0.05, 0) is 59.1 Å². The molecule has 0 heterocycles. The number of methoxy groups -OCH3 is 1. The molecule has 0 bridgehead atoms. The van der Waals surface area contributed by atoms with Crippen molar-refractivity contribution in [3.05, 3.63) is 63.1 Å². The molecule has 19 heavy (non-hydrogen) atoms. The van der Waals surface area contributed by atoms with E-state index >= 15 is 0 Å². The summed E-state index contributed by atoms with van der Waals surface area (Å²) in [6, 6.07) is 11.2. The van der Waals surface area contributed by atoms with Gasteiger partial charge in [0.05, 0.1) is 11.6 Å². The van der Waals surface area contributed by atoms with Crippen molar-refractivity contribution in [2.24, 2.45) is 0 Å². The van der Waals surface area contributed by atoms with Gasteiger partial charge in [-0.2, -0.15) is 0 Å². The van der Waals surface area contributed by atoms with Crippen LogP contribution >= 0.6 is 15.9 Å². The van der Waals surface area contributed by atoms with E-state index in [1.807, 2.05) is 32.0 Å². The number of ether oxygens (including phenoxy) is 1. The predicted octanol–water partition coefficient (Wildman–Crippen LogP) is 4.31. The van der Waals surface area contributed by atoms with E-state index in [4.69, 9.17) is 4.74 Å². The Morgan fingerprint density at radius 1 is 1.16 bits per heavy atom. The summed E-state index contributed by atoms with van der Waals surface area (Å²) >= 11 is 3.40. The summed E-state index contributed by atoms with van der Waals surface area (Å²) in [6.45, 7) is 3.98. The van der Waals surface area contributed by atoms with Gasteiger partial charge in [0.1, 0.15) is 5.75 Å². The van der Waals surface area contributed by atoms with E-state index in [1.54, 1.807) is 25.3 Å². The van der Waals surface area contributed by atoms with Crippen molar-refractivity contribution < 1.29 is 9.53 Å². The number of hydrogen-bond acceptors (Lipinski definition) is 2. The molecule has 0 saturated carbocycles. The summed E-state index contributed by atoms with van der Waals surface area (Å²) < 4.78 is 5.95. The quantitative estimate of drug-likeness (QED) is 0.788. The van der Waals surface area contributed by atoms with Crippen LogP contribution in [0.4, 0.5) is 0 Å². The van der Waals surface area contributed by atoms with E-state index in [0.717, 1.165) is 26.9 Å². The second-order valence-electron chi connectivity index (χ2n) is 4.43. The molecule has 2 nitrogen and oxygen atoms in total. The van der Waals surface area contributed by atoms with Crippen molar-refractivity contribution in [1.29, 1.82) is 0 Å². The van der Waals surface area contributed by atoms with Gasteiger partial charge in [0, 0.05) is 11.1 Å². The van der Waals surface area contributed by atoms with Gasteiger partial charge in [0.25, 0.3) is 0 Å². The Hall–Kier alpha value is -1.61. The number of rotatable bonds is 3. The number of benzene rings is 2. The molecule has 0 fully saturated rings. The maximum absolute atomic E-state index is 12.5. The van der Waals surface area contributed by atoms with E-state index in [1.165, 1.54) is 0 Å². The third kappa shape index (κ3) is 2.71. The van der Waals surface area contributed by atoms with Crippen molar-refractivity contribution in [2.75, 3.05) is 7.11 Å². The van der Waals surface area contributed by atoms with Crippen LogP contribution in [0.15, 0.2) is 40.9 Å². The zero-order chi connectivity index (χ0) is 14.0. The minimum Gasteiger partial charge on any atom is -0.496 e. The molecule has 0 aliphatic rings. The lowest BCUT2D eigenvalue weighted by Gasteiger charge is -2.09. The lowest BCUT2D eigenvalue weighted by molar-refractivity contribution is 0.103. The Morgan fingerprint density at radius 3 is 2.53 bits per heavy atom. The molecule has 2 aromatic rings. The van der Waals surface area contributed by atoms with Crippen molar-refractivity contribution in [3.8, 4) is 5.75 Å².